The van der Waals surface area contributed by atoms with Gasteiger partial charge in [-0.25, -0.2) is 29.9 Å². The van der Waals surface area contributed by atoms with Gasteiger partial charge in [0.2, 0.25) is 0 Å². The van der Waals surface area contributed by atoms with E-state index < -0.39 is 8.49 Å². The van der Waals surface area contributed by atoms with Crippen LogP contribution in [0.1, 0.15) is 0 Å². The van der Waals surface area contributed by atoms with Gasteiger partial charge in [-0.1, -0.05) is 97.1 Å². The minimum Gasteiger partial charge on any atom is -0.324 e. The second-order valence-corrected chi connectivity index (χ2v) is 12.9. The van der Waals surface area contributed by atoms with Crippen LogP contribution in [-0.2, 0) is 23.1 Å². The quantitative estimate of drug-likeness (QED) is 0.190. The van der Waals surface area contributed by atoms with Crippen LogP contribution in [0.3, 0.4) is 0 Å². The zero-order chi connectivity index (χ0) is 30.7. The van der Waals surface area contributed by atoms with Crippen LogP contribution in [0.15, 0.2) is 97.1 Å². The fourth-order valence-electron chi connectivity index (χ4n) is 5.59. The molecule has 0 saturated carbocycles. The predicted molar refractivity (Wildman–Crippen MR) is 169 cm³/mol. The van der Waals surface area contributed by atoms with Crippen LogP contribution in [0.25, 0.3) is 89.7 Å². The monoisotopic (exact) mass is 653 g/mol. The molecule has 45 heavy (non-hydrogen) atoms. The molecular formula is C32H20CoN9O2S. The van der Waals surface area contributed by atoms with Crippen LogP contribution < -0.4 is 5.14 Å². The maximum Gasteiger partial charge on any atom is 0.164 e. The molecule has 11 nitrogen and oxygen atoms in total. The Morgan fingerprint density at radius 3 is 0.911 bits per heavy atom. The van der Waals surface area contributed by atoms with Crippen LogP contribution in [-0.4, -0.2) is 48.3 Å². The van der Waals surface area contributed by atoms with Crippen LogP contribution in [0, 0.1) is 0 Å². The molecule has 0 spiro atoms. The van der Waals surface area contributed by atoms with E-state index in [1.54, 1.807) is 0 Å². The Kier molecular flexibility index (Phi) is 6.28. The van der Waals surface area contributed by atoms with Gasteiger partial charge >= 0.3 is 36.7 Å². The van der Waals surface area contributed by atoms with E-state index in [-0.39, 0.29) is 0 Å². The van der Waals surface area contributed by atoms with Crippen molar-refractivity contribution < 1.29 is 23.0 Å². The molecule has 9 rings (SSSR count). The zero-order valence-corrected chi connectivity index (χ0v) is 24.9. The van der Waals surface area contributed by atoms with Crippen LogP contribution in [0.4, 0.5) is 0 Å². The summed E-state index contributed by atoms with van der Waals surface area (Å²) in [5, 5.41) is 8.01. The fourth-order valence-corrected chi connectivity index (χ4v) is 5.59. The summed E-state index contributed by atoms with van der Waals surface area (Å²) in [6.07, 6.45) is 0. The summed E-state index contributed by atoms with van der Waals surface area (Å²) >= 11 is 2.92. The van der Waals surface area contributed by atoms with Crippen molar-refractivity contribution in [3.63, 3.8) is 0 Å². The Morgan fingerprint density at radius 2 is 0.667 bits per heavy atom. The molecule has 0 aliphatic carbocycles. The molecule has 4 aromatic carbocycles. The third-order valence-corrected chi connectivity index (χ3v) is 7.46. The average molecular weight is 654 g/mol. The SMILES string of the molecule is N[S](=O)(=O)[Co].c1ccc2c(c1)-c1nc-2nc2[nH]c(nc3nc(nc4[nH]c(n1)c1ccccc41)-c1ccccc1-3)c1ccccc21. The summed E-state index contributed by atoms with van der Waals surface area (Å²) in [5.74, 6) is 2.39. The molecule has 220 valence electrons. The first-order chi connectivity index (χ1) is 21.8. The van der Waals surface area contributed by atoms with Crippen molar-refractivity contribution in [1.82, 2.24) is 39.9 Å². The molecule has 4 N–H and O–H groups in total. The van der Waals surface area contributed by atoms with Crippen molar-refractivity contribution >= 4 is 52.6 Å². The van der Waals surface area contributed by atoms with Crippen molar-refractivity contribution in [2.45, 2.75) is 0 Å². The maximum atomic E-state index is 9.27. The van der Waals surface area contributed by atoms with Crippen molar-refractivity contribution in [2.75, 3.05) is 0 Å². The number of fused-ring (bicyclic) bond motifs is 20. The molecule has 0 saturated heterocycles. The largest absolute Gasteiger partial charge is 0.324 e. The van der Waals surface area contributed by atoms with Gasteiger partial charge in [-0.05, 0) is 0 Å². The summed E-state index contributed by atoms with van der Waals surface area (Å²) in [6.45, 7) is 0. The van der Waals surface area contributed by atoms with E-state index in [0.29, 0.717) is 45.9 Å². The molecule has 0 radical (unpaired) electrons. The summed E-state index contributed by atoms with van der Waals surface area (Å²) in [5.41, 5.74) is 6.45. The number of hydrogen-bond donors (Lipinski definition) is 3. The Morgan fingerprint density at radius 1 is 0.444 bits per heavy atom. The van der Waals surface area contributed by atoms with Gasteiger partial charge in [0.1, 0.15) is 22.6 Å². The van der Waals surface area contributed by atoms with Gasteiger partial charge in [0.15, 0.2) is 23.3 Å². The fraction of sp³-hybridized carbons (Fsp3) is 0. The molecular weight excluding hydrogens is 633 g/mol. The number of nitrogens with two attached hydrogens (primary N) is 1. The third-order valence-electron chi connectivity index (χ3n) is 7.46. The van der Waals surface area contributed by atoms with Crippen molar-refractivity contribution in [1.29, 1.82) is 0 Å². The first-order valence-corrected chi connectivity index (χ1v) is 16.4. The van der Waals surface area contributed by atoms with Gasteiger partial charge < -0.3 is 9.97 Å². The van der Waals surface area contributed by atoms with Crippen LogP contribution >= 0.6 is 0 Å². The first kappa shape index (κ1) is 27.2. The van der Waals surface area contributed by atoms with Crippen molar-refractivity contribution in [3.8, 4) is 45.6 Å². The van der Waals surface area contributed by atoms with Gasteiger partial charge in [0.05, 0.1) is 0 Å². The summed E-state index contributed by atoms with van der Waals surface area (Å²) in [6, 6.07) is 32.2. The Hall–Kier alpha value is -5.34. The molecule has 5 heterocycles. The number of hydrogen-bond acceptors (Lipinski definition) is 8. The van der Waals surface area contributed by atoms with Crippen LogP contribution in [0.5, 0.6) is 0 Å². The van der Waals surface area contributed by atoms with Gasteiger partial charge in [0.25, 0.3) is 0 Å². The van der Waals surface area contributed by atoms with Gasteiger partial charge in [-0.3, -0.25) is 0 Å². The minimum absolute atomic E-state index is 0.597. The average Bonchev–Trinajstić information content (AvgIpc) is 3.76. The van der Waals surface area contributed by atoms with Crippen molar-refractivity contribution in [3.05, 3.63) is 97.1 Å². The molecule has 0 amide bonds. The Balaban J connectivity index is 0.000000560. The molecule has 0 atom stereocenters. The molecule has 7 aromatic rings. The van der Waals surface area contributed by atoms with E-state index in [1.165, 1.54) is 0 Å². The van der Waals surface area contributed by atoms with Crippen LogP contribution in [0.2, 0.25) is 0 Å². The van der Waals surface area contributed by atoms with E-state index in [9.17, 15) is 8.42 Å². The Bertz CT molecular complexity index is 2290. The second kappa shape index (κ2) is 10.4. The molecule has 0 fully saturated rings. The summed E-state index contributed by atoms with van der Waals surface area (Å²) < 4.78 is 18.5. The normalized spacial score (nSPS) is 12.0. The number of benzene rings is 4. The van der Waals surface area contributed by atoms with Gasteiger partial charge in [-0.15, -0.1) is 0 Å². The molecule has 0 unspecified atom stereocenters. The molecule has 13 heteroatoms. The number of aromatic nitrogens is 8. The van der Waals surface area contributed by atoms with E-state index in [0.717, 1.165) is 43.8 Å². The maximum absolute atomic E-state index is 9.27. The van der Waals surface area contributed by atoms with E-state index in [2.05, 4.69) is 29.7 Å². The second-order valence-electron chi connectivity index (χ2n) is 10.2. The number of nitrogens with one attached hydrogen (secondary N) is 2. The molecule has 2 aliphatic heterocycles. The molecule has 2 aliphatic rings. The summed E-state index contributed by atoms with van der Waals surface area (Å²) in [4.78, 5) is 36.8. The van der Waals surface area contributed by atoms with E-state index in [1.807, 2.05) is 97.1 Å². The van der Waals surface area contributed by atoms with Gasteiger partial charge in [0, 0.05) is 43.8 Å². The number of nitrogens with zero attached hydrogens (tertiary/aromatic N) is 6. The van der Waals surface area contributed by atoms with E-state index >= 15 is 0 Å². The van der Waals surface area contributed by atoms with E-state index in [4.69, 9.17) is 29.9 Å². The standard InChI is InChI=1S/C32H18N8.Co.H2NO2S/c1-2-10-18-17(9-1)25-33-26(18)38-28-21-13-5-6-14-22(21)30(35-28)40-32-24-16-8-7-15-23(24)31(36-32)39-29-20-12-4-3-11-19(20)27(34-29)37-25;;1-4(2)3/h1-16H,(H2,33,34,35,36,37,38,39,40);;(H2,1,2,3). The molecule has 8 bridgehead atoms. The van der Waals surface area contributed by atoms with Gasteiger partial charge in [-0.2, -0.15) is 0 Å². The van der Waals surface area contributed by atoms with Crippen molar-refractivity contribution in [2.24, 2.45) is 5.14 Å². The number of aromatic amines is 2. The predicted octanol–water partition coefficient (Wildman–Crippen LogP) is 5.61. The molecule has 3 aromatic heterocycles. The third kappa shape index (κ3) is 4.93. The topological polar surface area (TPSA) is 169 Å². The summed E-state index contributed by atoms with van der Waals surface area (Å²) in [7, 11) is -3.48. The number of H-pyrrole nitrogens is 2. The minimum atomic E-state index is -3.48. The number of rotatable bonds is 0. The first-order valence-electron chi connectivity index (χ1n) is 13.7. The smallest absolute Gasteiger partial charge is 0.164 e. The Labute approximate surface area is 262 Å². The zero-order valence-electron chi connectivity index (χ0n) is 23.1.